The molecule has 6 heteroatoms. The van der Waals surface area contributed by atoms with Crippen LogP contribution in [0.2, 0.25) is 0 Å². The fraction of sp³-hybridized carbons (Fsp3) is 0.333. The number of nitrogens with one attached hydrogen (secondary N) is 1. The highest BCUT2D eigenvalue weighted by atomic mass is 16.5. The van der Waals surface area contributed by atoms with E-state index in [0.717, 1.165) is 12.1 Å². The molecule has 2 aromatic carbocycles. The molecule has 0 unspecified atom stereocenters. The predicted octanol–water partition coefficient (Wildman–Crippen LogP) is 3.87. The molecule has 0 bridgehead atoms. The number of methoxy groups -OCH3 is 1. The molecule has 1 N–H and O–H groups in total. The third-order valence-corrected chi connectivity index (χ3v) is 4.94. The zero-order valence-electron chi connectivity index (χ0n) is 17.9. The standard InChI is InChI=1S/C24H28N2O4/c1-5-17-6-10-19(11-7-17)25-22-21(18-8-12-20(29-4)13-9-18)23(27)26(24(22)28)14-15-30-16(2)3/h6-13,16,25H,5,14-15H2,1-4H3. The van der Waals surface area contributed by atoms with Crippen LogP contribution in [-0.2, 0) is 20.7 Å². The van der Waals surface area contributed by atoms with E-state index < -0.39 is 0 Å². The predicted molar refractivity (Wildman–Crippen MR) is 117 cm³/mol. The summed E-state index contributed by atoms with van der Waals surface area (Å²) in [4.78, 5) is 27.5. The van der Waals surface area contributed by atoms with Gasteiger partial charge in [0.2, 0.25) is 0 Å². The number of rotatable bonds is 9. The molecule has 1 aliphatic heterocycles. The van der Waals surface area contributed by atoms with E-state index in [1.165, 1.54) is 10.5 Å². The van der Waals surface area contributed by atoms with Gasteiger partial charge in [-0.2, -0.15) is 0 Å². The number of ether oxygens (including phenoxy) is 2. The number of benzene rings is 2. The highest BCUT2D eigenvalue weighted by Gasteiger charge is 2.39. The molecular formula is C24H28N2O4. The lowest BCUT2D eigenvalue weighted by Gasteiger charge is -2.16. The van der Waals surface area contributed by atoms with Crippen molar-refractivity contribution in [2.24, 2.45) is 0 Å². The third-order valence-electron chi connectivity index (χ3n) is 4.94. The second-order valence-electron chi connectivity index (χ2n) is 7.34. The summed E-state index contributed by atoms with van der Waals surface area (Å²) in [6.45, 7) is 6.42. The topological polar surface area (TPSA) is 67.9 Å². The molecule has 0 aromatic heterocycles. The molecule has 3 rings (SSSR count). The van der Waals surface area contributed by atoms with E-state index in [1.807, 2.05) is 38.1 Å². The Morgan fingerprint density at radius 3 is 2.20 bits per heavy atom. The number of anilines is 1. The first-order valence-electron chi connectivity index (χ1n) is 10.2. The Morgan fingerprint density at radius 1 is 0.967 bits per heavy atom. The summed E-state index contributed by atoms with van der Waals surface area (Å²) in [5, 5.41) is 3.17. The Hall–Kier alpha value is -3.12. The van der Waals surface area contributed by atoms with Gasteiger partial charge in [-0.1, -0.05) is 31.2 Å². The van der Waals surface area contributed by atoms with Crippen molar-refractivity contribution in [1.82, 2.24) is 4.90 Å². The van der Waals surface area contributed by atoms with Crippen LogP contribution in [0.1, 0.15) is 31.9 Å². The molecule has 1 heterocycles. The lowest BCUT2D eigenvalue weighted by atomic mass is 10.0. The second-order valence-corrected chi connectivity index (χ2v) is 7.34. The third kappa shape index (κ3) is 4.71. The average molecular weight is 408 g/mol. The van der Waals surface area contributed by atoms with Gasteiger partial charge in [-0.15, -0.1) is 0 Å². The Bertz CT molecular complexity index is 931. The number of carbonyl (C=O) groups excluding carboxylic acids is 2. The second kappa shape index (κ2) is 9.59. The van der Waals surface area contributed by atoms with Crippen molar-refractivity contribution < 1.29 is 19.1 Å². The molecule has 2 aromatic rings. The van der Waals surface area contributed by atoms with Crippen molar-refractivity contribution in [2.45, 2.75) is 33.3 Å². The summed E-state index contributed by atoms with van der Waals surface area (Å²) in [5.74, 6) is 0.00548. The van der Waals surface area contributed by atoms with Crippen LogP contribution in [-0.4, -0.2) is 43.1 Å². The number of hydrogen-bond acceptors (Lipinski definition) is 5. The summed E-state index contributed by atoms with van der Waals surface area (Å²) < 4.78 is 10.8. The Labute approximate surface area is 177 Å². The van der Waals surface area contributed by atoms with Crippen molar-refractivity contribution in [3.05, 3.63) is 65.4 Å². The van der Waals surface area contributed by atoms with Gasteiger partial charge in [0, 0.05) is 5.69 Å². The number of amides is 2. The van der Waals surface area contributed by atoms with Gasteiger partial charge < -0.3 is 14.8 Å². The first kappa shape index (κ1) is 21.6. The van der Waals surface area contributed by atoms with Crippen LogP contribution >= 0.6 is 0 Å². The molecule has 0 radical (unpaired) electrons. The van der Waals surface area contributed by atoms with Crippen molar-refractivity contribution in [3.8, 4) is 5.75 Å². The minimum Gasteiger partial charge on any atom is -0.497 e. The molecule has 0 atom stereocenters. The molecule has 6 nitrogen and oxygen atoms in total. The highest BCUT2D eigenvalue weighted by Crippen LogP contribution is 2.31. The number of carbonyl (C=O) groups is 2. The molecule has 1 aliphatic rings. The summed E-state index contributed by atoms with van der Waals surface area (Å²) in [6.07, 6.45) is 0.961. The van der Waals surface area contributed by atoms with Crippen molar-refractivity contribution in [2.75, 3.05) is 25.6 Å². The Morgan fingerprint density at radius 2 is 1.63 bits per heavy atom. The van der Waals surface area contributed by atoms with Crippen LogP contribution in [0.25, 0.3) is 5.57 Å². The molecule has 158 valence electrons. The van der Waals surface area contributed by atoms with Gasteiger partial charge in [0.1, 0.15) is 11.4 Å². The lowest BCUT2D eigenvalue weighted by Crippen LogP contribution is -2.35. The first-order valence-corrected chi connectivity index (χ1v) is 10.2. The summed E-state index contributed by atoms with van der Waals surface area (Å²) >= 11 is 0. The molecule has 2 amide bonds. The van der Waals surface area contributed by atoms with Gasteiger partial charge >= 0.3 is 0 Å². The van der Waals surface area contributed by atoms with E-state index in [-0.39, 0.29) is 30.2 Å². The van der Waals surface area contributed by atoms with Crippen molar-refractivity contribution in [1.29, 1.82) is 0 Å². The largest absolute Gasteiger partial charge is 0.497 e. The molecule has 0 saturated carbocycles. The minimum absolute atomic E-state index is 0.0292. The van der Waals surface area contributed by atoms with Gasteiger partial charge in [0.05, 0.1) is 31.9 Å². The molecule has 0 fully saturated rings. The number of nitrogens with zero attached hydrogens (tertiary/aromatic N) is 1. The van der Waals surface area contributed by atoms with Gasteiger partial charge in [0.15, 0.2) is 0 Å². The quantitative estimate of drug-likeness (QED) is 0.638. The summed E-state index contributed by atoms with van der Waals surface area (Å²) in [6, 6.07) is 15.0. The number of hydrogen-bond donors (Lipinski definition) is 1. The zero-order valence-corrected chi connectivity index (χ0v) is 17.9. The molecule has 0 spiro atoms. The monoisotopic (exact) mass is 408 g/mol. The average Bonchev–Trinajstić information content (AvgIpc) is 2.98. The van der Waals surface area contributed by atoms with Gasteiger partial charge in [-0.05, 0) is 55.7 Å². The fourth-order valence-electron chi connectivity index (χ4n) is 3.27. The van der Waals surface area contributed by atoms with E-state index >= 15 is 0 Å². The van der Waals surface area contributed by atoms with E-state index in [9.17, 15) is 9.59 Å². The molecule has 0 saturated heterocycles. The van der Waals surface area contributed by atoms with Crippen LogP contribution in [0.5, 0.6) is 5.75 Å². The van der Waals surface area contributed by atoms with Crippen LogP contribution in [0.15, 0.2) is 54.2 Å². The Balaban J connectivity index is 1.94. The number of imide groups is 1. The molecular weight excluding hydrogens is 380 g/mol. The normalized spacial score (nSPS) is 14.1. The SMILES string of the molecule is CCc1ccc(NC2=C(c3ccc(OC)cc3)C(=O)N(CCOC(C)C)C2=O)cc1. The van der Waals surface area contributed by atoms with Crippen LogP contribution in [0.4, 0.5) is 5.69 Å². The van der Waals surface area contributed by atoms with Crippen molar-refractivity contribution >= 4 is 23.1 Å². The maximum absolute atomic E-state index is 13.2. The smallest absolute Gasteiger partial charge is 0.278 e. The van der Waals surface area contributed by atoms with Crippen LogP contribution < -0.4 is 10.1 Å². The van der Waals surface area contributed by atoms with E-state index in [1.54, 1.807) is 31.4 Å². The summed E-state index contributed by atoms with van der Waals surface area (Å²) in [5.41, 5.74) is 3.25. The molecule has 0 aliphatic carbocycles. The molecule has 30 heavy (non-hydrogen) atoms. The van der Waals surface area contributed by atoms with E-state index in [4.69, 9.17) is 9.47 Å². The zero-order chi connectivity index (χ0) is 21.7. The highest BCUT2D eigenvalue weighted by molar-refractivity contribution is 6.36. The van der Waals surface area contributed by atoms with Gasteiger partial charge in [-0.25, -0.2) is 0 Å². The fourth-order valence-corrected chi connectivity index (χ4v) is 3.27. The maximum Gasteiger partial charge on any atom is 0.278 e. The summed E-state index contributed by atoms with van der Waals surface area (Å²) in [7, 11) is 1.59. The van der Waals surface area contributed by atoms with E-state index in [2.05, 4.69) is 12.2 Å². The maximum atomic E-state index is 13.2. The first-order chi connectivity index (χ1) is 14.4. The van der Waals surface area contributed by atoms with Crippen LogP contribution in [0.3, 0.4) is 0 Å². The lowest BCUT2D eigenvalue weighted by molar-refractivity contribution is -0.137. The minimum atomic E-state index is -0.349. The van der Waals surface area contributed by atoms with Crippen molar-refractivity contribution in [3.63, 3.8) is 0 Å². The van der Waals surface area contributed by atoms with Gasteiger partial charge in [0.25, 0.3) is 11.8 Å². The van der Waals surface area contributed by atoms with Crippen LogP contribution in [0, 0.1) is 0 Å². The number of aryl methyl sites for hydroxylation is 1. The Kier molecular flexibility index (Phi) is 6.90. The van der Waals surface area contributed by atoms with Gasteiger partial charge in [-0.3, -0.25) is 14.5 Å². The van der Waals surface area contributed by atoms with E-state index in [0.29, 0.717) is 23.5 Å².